The summed E-state index contributed by atoms with van der Waals surface area (Å²) in [5, 5.41) is 7.57. The summed E-state index contributed by atoms with van der Waals surface area (Å²) in [6.45, 7) is 2.02. The molecule has 82 valence electrons. The quantitative estimate of drug-likeness (QED) is 0.832. The van der Waals surface area contributed by atoms with Crippen LogP contribution in [0.5, 0.6) is 5.75 Å². The number of benzene rings is 1. The number of aromatic nitrogens is 2. The van der Waals surface area contributed by atoms with Crippen molar-refractivity contribution in [3.63, 3.8) is 0 Å². The van der Waals surface area contributed by atoms with Crippen molar-refractivity contribution in [1.29, 1.82) is 0 Å². The average molecular weight is 215 g/mol. The monoisotopic (exact) mass is 215 g/mol. The highest BCUT2D eigenvalue weighted by Gasteiger charge is 2.09. The molecule has 0 unspecified atom stereocenters. The first-order chi connectivity index (χ1) is 7.72. The molecule has 0 aliphatic carbocycles. The predicted octanol–water partition coefficient (Wildman–Crippen LogP) is 2.04. The van der Waals surface area contributed by atoms with E-state index in [-0.39, 0.29) is 0 Å². The molecule has 0 saturated heterocycles. The first-order valence-electron chi connectivity index (χ1n) is 4.94. The van der Waals surface area contributed by atoms with E-state index in [1.807, 2.05) is 31.2 Å². The molecule has 0 saturated carbocycles. The van der Waals surface area contributed by atoms with Gasteiger partial charge in [-0.15, -0.1) is 5.10 Å². The van der Waals surface area contributed by atoms with E-state index >= 15 is 0 Å². The number of hydrogen-bond donors (Lipinski definition) is 1. The molecule has 1 aromatic heterocycles. The summed E-state index contributed by atoms with van der Waals surface area (Å²) in [5.74, 6) is 1.19. The van der Waals surface area contributed by atoms with E-state index in [0.717, 1.165) is 22.4 Å². The number of hydrogen-bond acceptors (Lipinski definition) is 4. The zero-order chi connectivity index (χ0) is 11.5. The second kappa shape index (κ2) is 4.18. The van der Waals surface area contributed by atoms with Gasteiger partial charge in [-0.2, -0.15) is 5.10 Å². The summed E-state index contributed by atoms with van der Waals surface area (Å²) >= 11 is 0. The lowest BCUT2D eigenvalue weighted by Gasteiger charge is -2.10. The summed E-state index contributed by atoms with van der Waals surface area (Å²) < 4.78 is 5.31. The number of nitrogens with two attached hydrogens (primary N) is 1. The van der Waals surface area contributed by atoms with Gasteiger partial charge in [-0.05, 0) is 25.1 Å². The molecule has 2 N–H and O–H groups in total. The largest absolute Gasteiger partial charge is 0.496 e. The Balaban J connectivity index is 2.63. The summed E-state index contributed by atoms with van der Waals surface area (Å²) in [6, 6.07) is 7.77. The van der Waals surface area contributed by atoms with E-state index in [2.05, 4.69) is 10.2 Å². The Hall–Kier alpha value is -2.10. The van der Waals surface area contributed by atoms with Crippen LogP contribution in [0.4, 0.5) is 5.82 Å². The maximum atomic E-state index is 5.80. The number of nitrogen functional groups attached to an aromatic ring is 1. The minimum Gasteiger partial charge on any atom is -0.496 e. The Labute approximate surface area is 94.1 Å². The van der Waals surface area contributed by atoms with Crippen molar-refractivity contribution in [2.75, 3.05) is 12.8 Å². The van der Waals surface area contributed by atoms with Crippen LogP contribution in [-0.4, -0.2) is 17.3 Å². The lowest BCUT2D eigenvalue weighted by atomic mass is 10.0. The number of anilines is 1. The van der Waals surface area contributed by atoms with Crippen LogP contribution in [0.1, 0.15) is 5.56 Å². The Bertz CT molecular complexity index is 511. The summed E-state index contributed by atoms with van der Waals surface area (Å²) in [5.41, 5.74) is 8.73. The van der Waals surface area contributed by atoms with Crippen molar-refractivity contribution >= 4 is 5.82 Å². The van der Waals surface area contributed by atoms with Crippen LogP contribution < -0.4 is 10.5 Å². The van der Waals surface area contributed by atoms with Gasteiger partial charge in [-0.1, -0.05) is 11.6 Å². The highest BCUT2D eigenvalue weighted by Crippen LogP contribution is 2.32. The first-order valence-corrected chi connectivity index (χ1v) is 4.94. The molecule has 0 aliphatic rings. The zero-order valence-corrected chi connectivity index (χ0v) is 9.27. The Morgan fingerprint density at radius 1 is 1.19 bits per heavy atom. The van der Waals surface area contributed by atoms with Crippen LogP contribution in [-0.2, 0) is 0 Å². The van der Waals surface area contributed by atoms with E-state index in [1.54, 1.807) is 13.3 Å². The number of methoxy groups -OCH3 is 1. The second-order valence-electron chi connectivity index (χ2n) is 3.53. The molecule has 1 aromatic carbocycles. The first kappa shape index (κ1) is 10.4. The SMILES string of the molecule is COc1ccc(C)cc1-c1ccnnc1N. The van der Waals surface area contributed by atoms with Gasteiger partial charge in [0.15, 0.2) is 5.82 Å². The van der Waals surface area contributed by atoms with Gasteiger partial charge < -0.3 is 10.5 Å². The molecule has 0 bridgehead atoms. The molecule has 2 rings (SSSR count). The molecular weight excluding hydrogens is 202 g/mol. The molecule has 2 aromatic rings. The molecule has 0 aliphatic heterocycles. The number of rotatable bonds is 2. The molecule has 0 atom stereocenters. The van der Waals surface area contributed by atoms with Gasteiger partial charge in [-0.25, -0.2) is 0 Å². The molecule has 4 heteroatoms. The van der Waals surface area contributed by atoms with Crippen molar-refractivity contribution in [1.82, 2.24) is 10.2 Å². The van der Waals surface area contributed by atoms with Crippen LogP contribution in [0, 0.1) is 6.92 Å². The van der Waals surface area contributed by atoms with Gasteiger partial charge in [0.05, 0.1) is 13.3 Å². The minimum atomic E-state index is 0.409. The van der Waals surface area contributed by atoms with Gasteiger partial charge in [-0.3, -0.25) is 0 Å². The third-order valence-electron chi connectivity index (χ3n) is 2.39. The predicted molar refractivity (Wildman–Crippen MR) is 63.2 cm³/mol. The van der Waals surface area contributed by atoms with Crippen LogP contribution in [0.15, 0.2) is 30.5 Å². The third kappa shape index (κ3) is 1.82. The Morgan fingerprint density at radius 2 is 2.00 bits per heavy atom. The van der Waals surface area contributed by atoms with Crippen LogP contribution >= 0.6 is 0 Å². The Morgan fingerprint density at radius 3 is 2.69 bits per heavy atom. The van der Waals surface area contributed by atoms with Crippen molar-refractivity contribution in [3.05, 3.63) is 36.0 Å². The molecule has 1 heterocycles. The fourth-order valence-corrected chi connectivity index (χ4v) is 1.60. The van der Waals surface area contributed by atoms with Gasteiger partial charge in [0, 0.05) is 11.1 Å². The van der Waals surface area contributed by atoms with E-state index in [9.17, 15) is 0 Å². The number of nitrogens with zero attached hydrogens (tertiary/aromatic N) is 2. The third-order valence-corrected chi connectivity index (χ3v) is 2.39. The van der Waals surface area contributed by atoms with Gasteiger partial charge in [0.25, 0.3) is 0 Å². The maximum Gasteiger partial charge on any atom is 0.154 e. The highest BCUT2D eigenvalue weighted by molar-refractivity contribution is 5.78. The lowest BCUT2D eigenvalue weighted by Crippen LogP contribution is -1.97. The second-order valence-corrected chi connectivity index (χ2v) is 3.53. The zero-order valence-electron chi connectivity index (χ0n) is 9.27. The van der Waals surface area contributed by atoms with Crippen LogP contribution in [0.25, 0.3) is 11.1 Å². The van der Waals surface area contributed by atoms with Crippen LogP contribution in [0.2, 0.25) is 0 Å². The molecule has 0 spiro atoms. The summed E-state index contributed by atoms with van der Waals surface area (Å²) in [7, 11) is 1.64. The smallest absolute Gasteiger partial charge is 0.154 e. The fraction of sp³-hybridized carbons (Fsp3) is 0.167. The van der Waals surface area contributed by atoms with Gasteiger partial charge >= 0.3 is 0 Å². The van der Waals surface area contributed by atoms with E-state index in [4.69, 9.17) is 10.5 Å². The Kier molecular flexibility index (Phi) is 2.72. The fourth-order valence-electron chi connectivity index (χ4n) is 1.60. The molecule has 0 fully saturated rings. The standard InChI is InChI=1S/C12H13N3O/c1-8-3-4-11(16-2)10(7-8)9-5-6-14-15-12(9)13/h3-7H,1-2H3,(H2,13,15). The van der Waals surface area contributed by atoms with Crippen molar-refractivity contribution in [2.24, 2.45) is 0 Å². The van der Waals surface area contributed by atoms with Gasteiger partial charge in [0.2, 0.25) is 0 Å². The van der Waals surface area contributed by atoms with E-state index in [1.165, 1.54) is 0 Å². The van der Waals surface area contributed by atoms with Crippen molar-refractivity contribution in [2.45, 2.75) is 6.92 Å². The lowest BCUT2D eigenvalue weighted by molar-refractivity contribution is 0.416. The highest BCUT2D eigenvalue weighted by atomic mass is 16.5. The molecule has 0 amide bonds. The maximum absolute atomic E-state index is 5.80. The number of ether oxygens (including phenoxy) is 1. The van der Waals surface area contributed by atoms with Crippen molar-refractivity contribution < 1.29 is 4.74 Å². The molecule has 4 nitrogen and oxygen atoms in total. The average Bonchev–Trinajstić information content (AvgIpc) is 2.29. The van der Waals surface area contributed by atoms with Crippen molar-refractivity contribution in [3.8, 4) is 16.9 Å². The molecular formula is C12H13N3O. The topological polar surface area (TPSA) is 61.0 Å². The number of aryl methyl sites for hydroxylation is 1. The molecule has 0 radical (unpaired) electrons. The van der Waals surface area contributed by atoms with Crippen LogP contribution in [0.3, 0.4) is 0 Å². The van der Waals surface area contributed by atoms with E-state index < -0.39 is 0 Å². The van der Waals surface area contributed by atoms with E-state index in [0.29, 0.717) is 5.82 Å². The normalized spacial score (nSPS) is 10.1. The minimum absolute atomic E-state index is 0.409. The molecule has 16 heavy (non-hydrogen) atoms. The van der Waals surface area contributed by atoms with Gasteiger partial charge in [0.1, 0.15) is 5.75 Å². The summed E-state index contributed by atoms with van der Waals surface area (Å²) in [6.07, 6.45) is 1.62. The summed E-state index contributed by atoms with van der Waals surface area (Å²) in [4.78, 5) is 0.